The molecule has 3 heterocycles. The number of aromatic nitrogens is 3. The van der Waals surface area contributed by atoms with E-state index in [2.05, 4.69) is 20.4 Å². The standard InChI is InChI=1S/C15H15N5O3/c1-20(2)15-16-6-5-10(18-15)9-17-14(21)11-8-13(23-19-11)12-4-3-7-22-12/h3-8H,9H2,1-2H3,(H,17,21). The number of hydrogen-bond donors (Lipinski definition) is 1. The van der Waals surface area contributed by atoms with Gasteiger partial charge < -0.3 is 19.2 Å². The number of furan rings is 1. The van der Waals surface area contributed by atoms with Crippen molar-refractivity contribution >= 4 is 11.9 Å². The fraction of sp³-hybridized carbons (Fsp3) is 0.200. The van der Waals surface area contributed by atoms with Gasteiger partial charge in [0.2, 0.25) is 11.7 Å². The molecule has 0 radical (unpaired) electrons. The van der Waals surface area contributed by atoms with Crippen molar-refractivity contribution in [3.05, 3.63) is 48.1 Å². The molecule has 3 aromatic rings. The summed E-state index contributed by atoms with van der Waals surface area (Å²) < 4.78 is 10.3. The van der Waals surface area contributed by atoms with Crippen LogP contribution in [0, 0.1) is 0 Å². The zero-order valence-electron chi connectivity index (χ0n) is 12.7. The van der Waals surface area contributed by atoms with Crippen molar-refractivity contribution in [2.75, 3.05) is 19.0 Å². The summed E-state index contributed by atoms with van der Waals surface area (Å²) in [5.41, 5.74) is 0.880. The van der Waals surface area contributed by atoms with Crippen molar-refractivity contribution in [3.63, 3.8) is 0 Å². The number of carbonyl (C=O) groups is 1. The Morgan fingerprint density at radius 3 is 2.91 bits per heavy atom. The summed E-state index contributed by atoms with van der Waals surface area (Å²) in [5.74, 6) is 1.15. The van der Waals surface area contributed by atoms with Gasteiger partial charge in [0.15, 0.2) is 11.5 Å². The lowest BCUT2D eigenvalue weighted by Gasteiger charge is -2.10. The molecule has 23 heavy (non-hydrogen) atoms. The zero-order chi connectivity index (χ0) is 16.2. The van der Waals surface area contributed by atoms with E-state index in [4.69, 9.17) is 8.94 Å². The SMILES string of the molecule is CN(C)c1nccc(CNC(=O)c2cc(-c3ccco3)on2)n1. The van der Waals surface area contributed by atoms with Crippen LogP contribution in [0.2, 0.25) is 0 Å². The molecule has 3 aromatic heterocycles. The molecule has 0 fully saturated rings. The summed E-state index contributed by atoms with van der Waals surface area (Å²) in [6.07, 6.45) is 3.17. The number of nitrogens with zero attached hydrogens (tertiary/aromatic N) is 4. The van der Waals surface area contributed by atoms with Gasteiger partial charge in [-0.15, -0.1) is 0 Å². The van der Waals surface area contributed by atoms with Gasteiger partial charge in [-0.2, -0.15) is 0 Å². The number of amides is 1. The summed E-state index contributed by atoms with van der Waals surface area (Å²) in [7, 11) is 3.70. The predicted octanol–water partition coefficient (Wildman–Crippen LogP) is 1.72. The highest BCUT2D eigenvalue weighted by Crippen LogP contribution is 2.20. The second-order valence-corrected chi connectivity index (χ2v) is 4.98. The van der Waals surface area contributed by atoms with E-state index >= 15 is 0 Å². The fourth-order valence-corrected chi connectivity index (χ4v) is 1.88. The molecule has 8 heteroatoms. The molecule has 3 rings (SSSR count). The minimum Gasteiger partial charge on any atom is -0.461 e. The first kappa shape index (κ1) is 14.8. The van der Waals surface area contributed by atoms with Crippen molar-refractivity contribution in [1.82, 2.24) is 20.4 Å². The molecule has 0 aliphatic rings. The van der Waals surface area contributed by atoms with Gasteiger partial charge in [0.05, 0.1) is 18.5 Å². The minimum absolute atomic E-state index is 0.179. The van der Waals surface area contributed by atoms with Gasteiger partial charge in [0.1, 0.15) is 0 Å². The van der Waals surface area contributed by atoms with E-state index < -0.39 is 0 Å². The lowest BCUT2D eigenvalue weighted by atomic mass is 10.3. The summed E-state index contributed by atoms with van der Waals surface area (Å²) in [4.78, 5) is 22.3. The fourth-order valence-electron chi connectivity index (χ4n) is 1.88. The van der Waals surface area contributed by atoms with E-state index in [0.29, 0.717) is 23.2 Å². The van der Waals surface area contributed by atoms with E-state index in [0.717, 1.165) is 0 Å². The van der Waals surface area contributed by atoms with Gasteiger partial charge in [0.25, 0.3) is 5.91 Å². The third-order valence-electron chi connectivity index (χ3n) is 3.04. The van der Waals surface area contributed by atoms with E-state index in [1.54, 1.807) is 29.3 Å². The lowest BCUT2D eigenvalue weighted by molar-refractivity contribution is 0.0941. The molecule has 0 bridgehead atoms. The molecule has 1 N–H and O–H groups in total. The van der Waals surface area contributed by atoms with Crippen molar-refractivity contribution in [2.24, 2.45) is 0 Å². The number of nitrogens with one attached hydrogen (secondary N) is 1. The topological polar surface area (TPSA) is 97.3 Å². The largest absolute Gasteiger partial charge is 0.461 e. The quantitative estimate of drug-likeness (QED) is 0.766. The highest BCUT2D eigenvalue weighted by atomic mass is 16.5. The van der Waals surface area contributed by atoms with Gasteiger partial charge >= 0.3 is 0 Å². The van der Waals surface area contributed by atoms with Crippen LogP contribution in [0.4, 0.5) is 5.95 Å². The van der Waals surface area contributed by atoms with Crippen LogP contribution < -0.4 is 10.2 Å². The molecular weight excluding hydrogens is 298 g/mol. The van der Waals surface area contributed by atoms with Crippen LogP contribution in [0.15, 0.2) is 45.7 Å². The molecule has 0 aromatic carbocycles. The maximum atomic E-state index is 12.1. The Morgan fingerprint density at radius 1 is 1.30 bits per heavy atom. The first-order valence-corrected chi connectivity index (χ1v) is 6.91. The van der Waals surface area contributed by atoms with Crippen molar-refractivity contribution in [3.8, 4) is 11.5 Å². The number of carbonyl (C=O) groups excluding carboxylic acids is 1. The molecule has 118 valence electrons. The Labute approximate surface area is 132 Å². The summed E-state index contributed by atoms with van der Waals surface area (Å²) >= 11 is 0. The molecule has 0 saturated heterocycles. The highest BCUT2D eigenvalue weighted by Gasteiger charge is 2.15. The smallest absolute Gasteiger partial charge is 0.273 e. The normalized spacial score (nSPS) is 10.5. The average Bonchev–Trinajstić information content (AvgIpc) is 3.23. The molecule has 0 aliphatic heterocycles. The molecule has 1 amide bonds. The highest BCUT2D eigenvalue weighted by molar-refractivity contribution is 5.92. The van der Waals surface area contributed by atoms with Crippen LogP contribution in [-0.4, -0.2) is 35.1 Å². The van der Waals surface area contributed by atoms with E-state index in [1.807, 2.05) is 14.1 Å². The molecule has 0 aliphatic carbocycles. The Bertz CT molecular complexity index is 795. The number of hydrogen-bond acceptors (Lipinski definition) is 7. The molecular formula is C15H15N5O3. The third-order valence-corrected chi connectivity index (χ3v) is 3.04. The van der Waals surface area contributed by atoms with Crippen LogP contribution >= 0.6 is 0 Å². The maximum Gasteiger partial charge on any atom is 0.273 e. The minimum atomic E-state index is -0.350. The van der Waals surface area contributed by atoms with Crippen LogP contribution in [-0.2, 0) is 6.54 Å². The van der Waals surface area contributed by atoms with Gasteiger partial charge in [-0.05, 0) is 18.2 Å². The van der Waals surface area contributed by atoms with Crippen LogP contribution in [0.1, 0.15) is 16.2 Å². The van der Waals surface area contributed by atoms with Gasteiger partial charge in [-0.25, -0.2) is 9.97 Å². The monoisotopic (exact) mass is 313 g/mol. The van der Waals surface area contributed by atoms with Crippen LogP contribution in [0.5, 0.6) is 0 Å². The summed E-state index contributed by atoms with van der Waals surface area (Å²) in [5, 5.41) is 6.48. The zero-order valence-corrected chi connectivity index (χ0v) is 12.7. The Hall–Kier alpha value is -3.16. The van der Waals surface area contributed by atoms with E-state index in [9.17, 15) is 4.79 Å². The molecule has 0 saturated carbocycles. The lowest BCUT2D eigenvalue weighted by Crippen LogP contribution is -2.24. The predicted molar refractivity (Wildman–Crippen MR) is 81.7 cm³/mol. The van der Waals surface area contributed by atoms with E-state index in [-0.39, 0.29) is 18.1 Å². The Morgan fingerprint density at radius 2 is 2.17 bits per heavy atom. The van der Waals surface area contributed by atoms with Crippen LogP contribution in [0.25, 0.3) is 11.5 Å². The Kier molecular flexibility index (Phi) is 4.05. The van der Waals surface area contributed by atoms with Gasteiger partial charge in [-0.1, -0.05) is 5.16 Å². The molecule has 0 spiro atoms. The summed E-state index contributed by atoms with van der Waals surface area (Å²) in [6.45, 7) is 0.269. The second kappa shape index (κ2) is 6.30. The first-order chi connectivity index (χ1) is 11.1. The number of anilines is 1. The average molecular weight is 313 g/mol. The van der Waals surface area contributed by atoms with Crippen molar-refractivity contribution in [2.45, 2.75) is 6.54 Å². The van der Waals surface area contributed by atoms with Crippen LogP contribution in [0.3, 0.4) is 0 Å². The molecule has 8 nitrogen and oxygen atoms in total. The molecule has 0 atom stereocenters. The number of rotatable bonds is 5. The van der Waals surface area contributed by atoms with Crippen molar-refractivity contribution in [1.29, 1.82) is 0 Å². The van der Waals surface area contributed by atoms with Crippen molar-refractivity contribution < 1.29 is 13.7 Å². The molecule has 0 unspecified atom stereocenters. The van der Waals surface area contributed by atoms with E-state index in [1.165, 1.54) is 12.3 Å². The maximum absolute atomic E-state index is 12.1. The third kappa shape index (κ3) is 3.37. The summed E-state index contributed by atoms with van der Waals surface area (Å²) in [6, 6.07) is 6.73. The Balaban J connectivity index is 1.65. The second-order valence-electron chi connectivity index (χ2n) is 4.98. The van der Waals surface area contributed by atoms with Gasteiger partial charge in [0, 0.05) is 26.4 Å². The first-order valence-electron chi connectivity index (χ1n) is 6.91. The van der Waals surface area contributed by atoms with Gasteiger partial charge in [-0.3, -0.25) is 4.79 Å².